The molecular formula is C24H21N5O4S. The number of aromatic nitrogens is 3. The van der Waals surface area contributed by atoms with Gasteiger partial charge in [0.2, 0.25) is 11.8 Å². The van der Waals surface area contributed by atoms with Gasteiger partial charge in [-0.3, -0.25) is 14.6 Å². The van der Waals surface area contributed by atoms with Crippen LogP contribution in [0.5, 0.6) is 5.75 Å². The first-order valence-corrected chi connectivity index (χ1v) is 11.4. The molecule has 2 aromatic heterocycles. The maximum absolute atomic E-state index is 12.8. The first kappa shape index (κ1) is 23.0. The van der Waals surface area contributed by atoms with Crippen LogP contribution in [0, 0.1) is 0 Å². The average molecular weight is 476 g/mol. The van der Waals surface area contributed by atoms with Crippen molar-refractivity contribution in [2.24, 2.45) is 0 Å². The molecule has 0 aliphatic heterocycles. The molecule has 0 radical (unpaired) electrons. The zero-order valence-corrected chi connectivity index (χ0v) is 19.0. The van der Waals surface area contributed by atoms with Gasteiger partial charge < -0.3 is 19.8 Å². The Morgan fingerprint density at radius 3 is 2.50 bits per heavy atom. The molecule has 0 bridgehead atoms. The second-order valence-electron chi connectivity index (χ2n) is 6.90. The van der Waals surface area contributed by atoms with Gasteiger partial charge in [-0.25, -0.2) is 0 Å². The smallest absolute Gasteiger partial charge is 0.277 e. The summed E-state index contributed by atoms with van der Waals surface area (Å²) in [7, 11) is 0. The lowest BCUT2D eigenvalue weighted by Crippen LogP contribution is -2.19. The fraction of sp³-hybridized carbons (Fsp3) is 0.125. The van der Waals surface area contributed by atoms with E-state index in [1.807, 2.05) is 6.92 Å². The Kier molecular flexibility index (Phi) is 7.51. The van der Waals surface area contributed by atoms with Crippen molar-refractivity contribution in [2.45, 2.75) is 12.1 Å². The Labute approximate surface area is 200 Å². The van der Waals surface area contributed by atoms with E-state index >= 15 is 0 Å². The lowest BCUT2D eigenvalue weighted by atomic mass is 10.1. The van der Waals surface area contributed by atoms with Crippen LogP contribution >= 0.6 is 11.8 Å². The van der Waals surface area contributed by atoms with E-state index in [2.05, 4.69) is 25.8 Å². The van der Waals surface area contributed by atoms with Crippen LogP contribution in [0.1, 0.15) is 17.3 Å². The molecule has 4 rings (SSSR count). The fourth-order valence-electron chi connectivity index (χ4n) is 2.98. The molecule has 2 heterocycles. The normalized spacial score (nSPS) is 10.5. The van der Waals surface area contributed by atoms with Crippen molar-refractivity contribution in [1.82, 2.24) is 15.2 Å². The van der Waals surface area contributed by atoms with E-state index in [0.29, 0.717) is 29.4 Å². The van der Waals surface area contributed by atoms with E-state index in [4.69, 9.17) is 9.15 Å². The van der Waals surface area contributed by atoms with Crippen molar-refractivity contribution >= 4 is 35.0 Å². The Morgan fingerprint density at radius 1 is 0.971 bits per heavy atom. The lowest BCUT2D eigenvalue weighted by molar-refractivity contribution is -0.113. The van der Waals surface area contributed by atoms with Crippen molar-refractivity contribution in [1.29, 1.82) is 0 Å². The number of thioether (sulfide) groups is 1. The van der Waals surface area contributed by atoms with E-state index in [0.717, 1.165) is 23.1 Å². The number of ether oxygens (including phenoxy) is 1. The summed E-state index contributed by atoms with van der Waals surface area (Å²) in [4.78, 5) is 29.3. The largest absolute Gasteiger partial charge is 0.494 e. The molecule has 0 aliphatic carbocycles. The lowest BCUT2D eigenvalue weighted by Gasteiger charge is -2.11. The summed E-state index contributed by atoms with van der Waals surface area (Å²) in [5, 5.41) is 13.8. The number of pyridine rings is 1. The monoisotopic (exact) mass is 475 g/mol. The molecule has 10 heteroatoms. The zero-order chi connectivity index (χ0) is 23.8. The number of rotatable bonds is 9. The number of carbonyl (C=O) groups excluding carboxylic acids is 2. The van der Waals surface area contributed by atoms with Gasteiger partial charge in [0, 0.05) is 23.6 Å². The Morgan fingerprint density at radius 2 is 1.74 bits per heavy atom. The minimum absolute atomic E-state index is 0.0345. The van der Waals surface area contributed by atoms with Gasteiger partial charge in [0.1, 0.15) is 5.75 Å². The van der Waals surface area contributed by atoms with Crippen LogP contribution in [0.3, 0.4) is 0 Å². The molecular weight excluding hydrogens is 454 g/mol. The maximum Gasteiger partial charge on any atom is 0.277 e. The summed E-state index contributed by atoms with van der Waals surface area (Å²) < 4.78 is 11.0. The number of nitrogens with zero attached hydrogens (tertiary/aromatic N) is 3. The summed E-state index contributed by atoms with van der Waals surface area (Å²) in [6.07, 6.45) is 3.26. The predicted molar refractivity (Wildman–Crippen MR) is 129 cm³/mol. The number of amides is 2. The molecule has 2 N–H and O–H groups in total. The van der Waals surface area contributed by atoms with Crippen LogP contribution in [0.15, 0.2) is 82.7 Å². The minimum atomic E-state index is -0.341. The number of nitrogens with one attached hydrogen (secondary N) is 2. The van der Waals surface area contributed by atoms with E-state index in [9.17, 15) is 9.59 Å². The quantitative estimate of drug-likeness (QED) is 0.339. The van der Waals surface area contributed by atoms with Gasteiger partial charge in [-0.15, -0.1) is 10.2 Å². The fourth-order valence-corrected chi connectivity index (χ4v) is 3.55. The molecule has 2 amide bonds. The third-order valence-electron chi connectivity index (χ3n) is 4.53. The van der Waals surface area contributed by atoms with Crippen molar-refractivity contribution in [3.8, 4) is 17.2 Å². The summed E-state index contributed by atoms with van der Waals surface area (Å²) in [5.41, 5.74) is 2.10. The first-order valence-electron chi connectivity index (χ1n) is 10.4. The minimum Gasteiger partial charge on any atom is -0.494 e. The van der Waals surface area contributed by atoms with Crippen molar-refractivity contribution in [2.75, 3.05) is 23.0 Å². The van der Waals surface area contributed by atoms with Gasteiger partial charge >= 0.3 is 0 Å². The van der Waals surface area contributed by atoms with Gasteiger partial charge in [-0.1, -0.05) is 23.9 Å². The van der Waals surface area contributed by atoms with Crippen molar-refractivity contribution in [3.63, 3.8) is 0 Å². The van der Waals surface area contributed by atoms with Crippen LogP contribution in [0.25, 0.3) is 11.5 Å². The topological polar surface area (TPSA) is 119 Å². The van der Waals surface area contributed by atoms with Crippen LogP contribution in [-0.2, 0) is 4.79 Å². The van der Waals surface area contributed by atoms with Gasteiger partial charge in [-0.2, -0.15) is 0 Å². The number of benzene rings is 2. The number of anilines is 2. The molecule has 9 nitrogen and oxygen atoms in total. The SMILES string of the molecule is CCOc1ccc(NC(=O)c2ccccc2NC(=O)CSc2nnc(-c3ccncc3)o2)cc1. The van der Waals surface area contributed by atoms with Gasteiger partial charge in [-0.05, 0) is 55.5 Å². The molecule has 0 aliphatic rings. The summed E-state index contributed by atoms with van der Waals surface area (Å²) in [5.74, 6) is 0.454. The Hall–Kier alpha value is -4.18. The molecule has 4 aromatic rings. The highest BCUT2D eigenvalue weighted by atomic mass is 32.2. The van der Waals surface area contributed by atoms with E-state index in [-0.39, 0.29) is 22.8 Å². The summed E-state index contributed by atoms with van der Waals surface area (Å²) >= 11 is 1.11. The second kappa shape index (κ2) is 11.1. The number of hydrogen-bond acceptors (Lipinski definition) is 8. The van der Waals surface area contributed by atoms with E-state index in [1.54, 1.807) is 73.1 Å². The van der Waals surface area contributed by atoms with Crippen molar-refractivity contribution < 1.29 is 18.7 Å². The van der Waals surface area contributed by atoms with Crippen LogP contribution in [0.4, 0.5) is 11.4 Å². The van der Waals surface area contributed by atoms with Gasteiger partial charge in [0.05, 0.1) is 23.6 Å². The molecule has 0 saturated heterocycles. The highest BCUT2D eigenvalue weighted by Gasteiger charge is 2.15. The molecule has 172 valence electrons. The summed E-state index contributed by atoms with van der Waals surface area (Å²) in [6, 6.07) is 17.4. The molecule has 0 saturated carbocycles. The predicted octanol–water partition coefficient (Wildman–Crippen LogP) is 4.51. The second-order valence-corrected chi connectivity index (χ2v) is 7.83. The zero-order valence-electron chi connectivity index (χ0n) is 18.2. The van der Waals surface area contributed by atoms with E-state index in [1.165, 1.54) is 0 Å². The number of para-hydroxylation sites is 1. The summed E-state index contributed by atoms with van der Waals surface area (Å²) in [6.45, 7) is 2.47. The molecule has 0 unspecified atom stereocenters. The van der Waals surface area contributed by atoms with Gasteiger partial charge in [0.25, 0.3) is 11.1 Å². The highest BCUT2D eigenvalue weighted by molar-refractivity contribution is 7.99. The first-order chi connectivity index (χ1) is 16.6. The standard InChI is InChI=1S/C24H21N5O4S/c1-2-32-18-9-7-17(8-10-18)26-22(31)19-5-3-4-6-20(19)27-21(30)15-34-24-29-28-23(33-24)16-11-13-25-14-12-16/h3-14H,2,15H2,1H3,(H,26,31)(H,27,30). The third-order valence-corrected chi connectivity index (χ3v) is 5.35. The van der Waals surface area contributed by atoms with Gasteiger partial charge in [0.15, 0.2) is 0 Å². The molecule has 2 aromatic carbocycles. The molecule has 34 heavy (non-hydrogen) atoms. The molecule has 0 fully saturated rings. The molecule has 0 atom stereocenters. The Bertz CT molecular complexity index is 1260. The Balaban J connectivity index is 1.35. The average Bonchev–Trinajstić information content (AvgIpc) is 3.34. The van der Waals surface area contributed by atoms with Crippen LogP contribution in [0.2, 0.25) is 0 Å². The van der Waals surface area contributed by atoms with Crippen molar-refractivity contribution in [3.05, 3.63) is 78.6 Å². The number of hydrogen-bond donors (Lipinski definition) is 2. The number of carbonyl (C=O) groups is 2. The van der Waals surface area contributed by atoms with E-state index < -0.39 is 0 Å². The highest BCUT2D eigenvalue weighted by Crippen LogP contribution is 2.24. The maximum atomic E-state index is 12.8. The molecule has 0 spiro atoms. The van der Waals surface area contributed by atoms with Crippen LogP contribution < -0.4 is 15.4 Å². The van der Waals surface area contributed by atoms with Crippen LogP contribution in [-0.4, -0.2) is 39.4 Å². The third kappa shape index (κ3) is 5.99.